The van der Waals surface area contributed by atoms with Gasteiger partial charge in [-0.15, -0.1) is 11.3 Å². The molecule has 0 bridgehead atoms. The zero-order valence-corrected chi connectivity index (χ0v) is 18.0. The Kier molecular flexibility index (Phi) is 9.44. The van der Waals surface area contributed by atoms with Crippen molar-refractivity contribution in [2.75, 3.05) is 11.9 Å². The van der Waals surface area contributed by atoms with Gasteiger partial charge >= 0.3 is 15.2 Å². The average molecular weight is 428 g/mol. The Morgan fingerprint density at radius 1 is 1.08 bits per heavy atom. The lowest BCUT2D eigenvalue weighted by Crippen LogP contribution is -2.20. The molecule has 0 amide bonds. The molecule has 1 aromatic heterocycles. The number of hydrogen-bond donors (Lipinski definition) is 5. The van der Waals surface area contributed by atoms with Crippen LogP contribution in [0.25, 0.3) is 0 Å². The smallest absolute Gasteiger partial charge is 0.342 e. The second-order valence-electron chi connectivity index (χ2n) is 7.14. The molecule has 1 atom stereocenters. The van der Waals surface area contributed by atoms with Gasteiger partial charge in [0, 0.05) is 17.6 Å². The van der Waals surface area contributed by atoms with Crippen LogP contribution in [0.2, 0.25) is 0 Å². The zero-order chi connectivity index (χ0) is 20.0. The summed E-state index contributed by atoms with van der Waals surface area (Å²) in [6.07, 6.45) is 7.24. The lowest BCUT2D eigenvalue weighted by atomic mass is 9.96. The van der Waals surface area contributed by atoms with Gasteiger partial charge < -0.3 is 24.9 Å². The van der Waals surface area contributed by atoms with Crippen molar-refractivity contribution in [2.24, 2.45) is 11.8 Å². The van der Waals surface area contributed by atoms with Crippen molar-refractivity contribution < 1.29 is 28.7 Å². The Morgan fingerprint density at radius 2 is 1.69 bits per heavy atom. The monoisotopic (exact) mass is 428 g/mol. The number of aryl methyl sites for hydroxylation is 1. The van der Waals surface area contributed by atoms with E-state index in [9.17, 15) is 9.13 Å². The van der Waals surface area contributed by atoms with Crippen molar-refractivity contribution in [3.05, 3.63) is 11.1 Å². The second kappa shape index (κ2) is 10.3. The van der Waals surface area contributed by atoms with Gasteiger partial charge in [0.05, 0.1) is 0 Å². The first-order chi connectivity index (χ1) is 11.9. The van der Waals surface area contributed by atoms with E-state index in [0.29, 0.717) is 11.0 Å². The maximum Gasteiger partial charge on any atom is 0.342 e. The van der Waals surface area contributed by atoms with Crippen LogP contribution in [0.3, 0.4) is 0 Å². The van der Waals surface area contributed by atoms with Crippen LogP contribution in [0, 0.1) is 11.8 Å². The summed E-state index contributed by atoms with van der Waals surface area (Å²) in [6, 6.07) is 0. The summed E-state index contributed by atoms with van der Waals surface area (Å²) in [4.78, 5) is 41.6. The van der Waals surface area contributed by atoms with Crippen LogP contribution in [0.15, 0.2) is 6.20 Å². The van der Waals surface area contributed by atoms with Crippen LogP contribution in [-0.4, -0.2) is 36.5 Å². The minimum Gasteiger partial charge on any atom is -0.360 e. The molecule has 1 unspecified atom stereocenters. The summed E-state index contributed by atoms with van der Waals surface area (Å²) >= 11 is 1.34. The zero-order valence-electron chi connectivity index (χ0n) is 15.4. The number of nitrogens with one attached hydrogen (secondary N) is 1. The average Bonchev–Trinajstić information content (AvgIpc) is 2.90. The van der Waals surface area contributed by atoms with Gasteiger partial charge in [0.2, 0.25) is 0 Å². The molecule has 0 spiro atoms. The molecule has 0 fully saturated rings. The van der Waals surface area contributed by atoms with Gasteiger partial charge in [-0.25, -0.2) is 4.98 Å². The highest BCUT2D eigenvalue weighted by Crippen LogP contribution is 2.59. The molecule has 0 aliphatic rings. The fraction of sp³-hybridized carbons (Fsp3) is 0.800. The maximum absolute atomic E-state index is 11.3. The van der Waals surface area contributed by atoms with Gasteiger partial charge in [0.25, 0.3) is 0 Å². The van der Waals surface area contributed by atoms with E-state index in [0.717, 1.165) is 23.6 Å². The summed E-state index contributed by atoms with van der Waals surface area (Å²) in [5.74, 6) is 1.34. The molecule has 8 nitrogen and oxygen atoms in total. The molecular formula is C15H30N2O6P2S. The molecule has 1 aromatic rings. The lowest BCUT2D eigenvalue weighted by Gasteiger charge is -2.19. The molecule has 11 heteroatoms. The van der Waals surface area contributed by atoms with E-state index >= 15 is 0 Å². The predicted molar refractivity (Wildman–Crippen MR) is 105 cm³/mol. The Morgan fingerprint density at radius 3 is 2.23 bits per heavy atom. The molecule has 1 heterocycles. The number of nitrogens with zero attached hydrogens (tertiary/aromatic N) is 1. The second-order valence-corrected chi connectivity index (χ2v) is 12.3. The number of hydrogen-bond acceptors (Lipinski definition) is 5. The third-order valence-corrected chi connectivity index (χ3v) is 8.87. The largest absolute Gasteiger partial charge is 0.360 e. The van der Waals surface area contributed by atoms with Crippen LogP contribution in [0.1, 0.15) is 51.3 Å². The highest BCUT2D eigenvalue weighted by Gasteiger charge is 2.43. The molecule has 0 radical (unpaired) electrons. The Balaban J connectivity index is 2.47. The van der Waals surface area contributed by atoms with Gasteiger partial charge in [-0.05, 0) is 24.7 Å². The third-order valence-electron chi connectivity index (χ3n) is 4.13. The Labute approximate surface area is 158 Å². The van der Waals surface area contributed by atoms with E-state index < -0.39 is 27.1 Å². The number of thiazole rings is 1. The highest BCUT2D eigenvalue weighted by molar-refractivity contribution is 7.70. The van der Waals surface area contributed by atoms with Crippen molar-refractivity contribution in [1.29, 1.82) is 0 Å². The minimum absolute atomic E-state index is 0.402. The first kappa shape index (κ1) is 23.8. The molecule has 26 heavy (non-hydrogen) atoms. The number of rotatable bonds is 12. The molecule has 5 N–H and O–H groups in total. The highest BCUT2D eigenvalue weighted by atomic mass is 32.1. The van der Waals surface area contributed by atoms with E-state index in [1.165, 1.54) is 30.6 Å². The van der Waals surface area contributed by atoms with Gasteiger partial charge in [0.15, 0.2) is 10.5 Å². The molecule has 1 rings (SSSR count). The van der Waals surface area contributed by atoms with Crippen LogP contribution in [0.4, 0.5) is 5.13 Å². The van der Waals surface area contributed by atoms with Crippen LogP contribution in [0.5, 0.6) is 0 Å². The van der Waals surface area contributed by atoms with E-state index in [1.54, 1.807) is 6.20 Å². The molecule has 0 saturated carbocycles. The summed E-state index contributed by atoms with van der Waals surface area (Å²) < 4.78 is 22.5. The molecule has 0 aliphatic heterocycles. The van der Waals surface area contributed by atoms with Crippen molar-refractivity contribution in [3.63, 3.8) is 0 Å². The van der Waals surface area contributed by atoms with Gasteiger partial charge in [-0.1, -0.05) is 40.0 Å². The first-order valence-corrected chi connectivity index (χ1v) is 12.9. The standard InChI is InChI=1S/C15H30N2O6P2S/c1-11(2)5-4-6-12(3)7-8-13-9-16-15(26-13)17-10-14(24(18,19)20)25(21,22)23/h9,11-12,14H,4-8,10H2,1-3H3,(H,16,17)(H2,18,19,20)(H2,21,22,23). The number of anilines is 1. The van der Waals surface area contributed by atoms with E-state index in [-0.39, 0.29) is 0 Å². The fourth-order valence-electron chi connectivity index (χ4n) is 2.52. The Hall–Kier alpha value is -0.270. The molecule has 0 saturated heterocycles. The SMILES string of the molecule is CC(C)CCCC(C)CCc1cnc(NCC(P(=O)(O)O)P(=O)(O)O)s1. The summed E-state index contributed by atoms with van der Waals surface area (Å²) in [5, 5.41) is 0.971. The molecule has 0 aliphatic carbocycles. The van der Waals surface area contributed by atoms with E-state index in [2.05, 4.69) is 31.1 Å². The molecule has 0 aromatic carbocycles. The number of aromatic nitrogens is 1. The molecule has 152 valence electrons. The summed E-state index contributed by atoms with van der Waals surface area (Å²) in [7, 11) is -9.84. The van der Waals surface area contributed by atoms with Crippen LogP contribution in [-0.2, 0) is 15.6 Å². The normalized spacial score (nSPS) is 14.2. The maximum atomic E-state index is 11.3. The Bertz CT molecular complexity index is 620. The van der Waals surface area contributed by atoms with E-state index in [1.807, 2.05) is 0 Å². The van der Waals surface area contributed by atoms with Crippen LogP contribution < -0.4 is 5.32 Å². The fourth-order valence-corrected chi connectivity index (χ4v) is 5.59. The topological polar surface area (TPSA) is 140 Å². The van der Waals surface area contributed by atoms with Gasteiger partial charge in [-0.2, -0.15) is 0 Å². The first-order valence-electron chi connectivity index (χ1n) is 8.68. The quantitative estimate of drug-likeness (QED) is 0.318. The summed E-state index contributed by atoms with van der Waals surface area (Å²) in [6.45, 7) is 6.14. The van der Waals surface area contributed by atoms with E-state index in [4.69, 9.17) is 19.6 Å². The van der Waals surface area contributed by atoms with Crippen molar-refractivity contribution in [3.8, 4) is 0 Å². The van der Waals surface area contributed by atoms with Crippen molar-refractivity contribution in [1.82, 2.24) is 4.98 Å². The van der Waals surface area contributed by atoms with Gasteiger partial charge in [-0.3, -0.25) is 9.13 Å². The summed E-state index contributed by atoms with van der Waals surface area (Å²) in [5.41, 5.74) is 0. The minimum atomic E-state index is -4.92. The predicted octanol–water partition coefficient (Wildman–Crippen LogP) is 3.63. The van der Waals surface area contributed by atoms with Crippen LogP contribution >= 0.6 is 26.5 Å². The van der Waals surface area contributed by atoms with Gasteiger partial charge in [0.1, 0.15) is 0 Å². The molecular weight excluding hydrogens is 398 g/mol. The van der Waals surface area contributed by atoms with Crippen molar-refractivity contribution >= 4 is 31.7 Å². The lowest BCUT2D eigenvalue weighted by molar-refractivity contribution is 0.340. The van der Waals surface area contributed by atoms with Crippen molar-refractivity contribution in [2.45, 2.75) is 58.3 Å². The third kappa shape index (κ3) is 9.09.